The molecule has 0 spiro atoms. The fourth-order valence-corrected chi connectivity index (χ4v) is 1.69. The molecular weight excluding hydrogens is 236 g/mol. The zero-order valence-corrected chi connectivity index (χ0v) is 10.4. The highest BCUT2D eigenvalue weighted by molar-refractivity contribution is 5.91. The zero-order chi connectivity index (χ0) is 13.4. The molecule has 1 atom stereocenters. The molecule has 100 valence electrons. The van der Waals surface area contributed by atoms with Crippen molar-refractivity contribution in [2.24, 2.45) is 5.92 Å². The fourth-order valence-electron chi connectivity index (χ4n) is 1.69. The second-order valence-electron chi connectivity index (χ2n) is 4.13. The normalized spacial score (nSPS) is 12.1. The molecule has 1 amide bonds. The molecule has 0 fully saturated rings. The van der Waals surface area contributed by atoms with Gasteiger partial charge in [-0.05, 0) is 18.8 Å². The number of amides is 1. The molecule has 0 aromatic carbocycles. The van der Waals surface area contributed by atoms with Crippen LogP contribution in [0.3, 0.4) is 0 Å². The molecule has 0 saturated heterocycles. The summed E-state index contributed by atoms with van der Waals surface area (Å²) in [5, 5.41) is 14.8. The molecule has 18 heavy (non-hydrogen) atoms. The van der Waals surface area contributed by atoms with Crippen LogP contribution in [-0.4, -0.2) is 28.7 Å². The van der Waals surface area contributed by atoms with Gasteiger partial charge in [-0.1, -0.05) is 18.5 Å². The lowest BCUT2D eigenvalue weighted by atomic mass is 9.97. The lowest BCUT2D eigenvalue weighted by molar-refractivity contribution is -0.137. The SMILES string of the molecule is CCC(CCNC(=O)c1ccno1)CCC(=O)O. The number of carboxylic acid groups (broad SMARTS) is 1. The van der Waals surface area contributed by atoms with Gasteiger partial charge in [0.05, 0.1) is 6.20 Å². The van der Waals surface area contributed by atoms with Gasteiger partial charge in [-0.25, -0.2) is 0 Å². The van der Waals surface area contributed by atoms with Gasteiger partial charge in [0.25, 0.3) is 5.91 Å². The molecule has 1 aromatic heterocycles. The van der Waals surface area contributed by atoms with E-state index in [9.17, 15) is 9.59 Å². The maximum Gasteiger partial charge on any atom is 0.303 e. The summed E-state index contributed by atoms with van der Waals surface area (Å²) in [5.74, 6) is -0.565. The molecule has 0 radical (unpaired) electrons. The van der Waals surface area contributed by atoms with E-state index in [4.69, 9.17) is 9.63 Å². The first-order valence-corrected chi connectivity index (χ1v) is 6.04. The number of nitrogens with zero attached hydrogens (tertiary/aromatic N) is 1. The molecule has 6 nitrogen and oxygen atoms in total. The standard InChI is InChI=1S/C12H18N2O4/c1-2-9(3-4-11(15)16)5-7-13-12(17)10-6-8-14-18-10/h6,8-9H,2-5,7H2,1H3,(H,13,17)(H,15,16). The van der Waals surface area contributed by atoms with Crippen LogP contribution in [0.15, 0.2) is 16.8 Å². The summed E-state index contributed by atoms with van der Waals surface area (Å²) >= 11 is 0. The second kappa shape index (κ2) is 7.47. The van der Waals surface area contributed by atoms with Gasteiger partial charge < -0.3 is 14.9 Å². The van der Waals surface area contributed by atoms with E-state index in [1.54, 1.807) is 0 Å². The number of aromatic nitrogens is 1. The molecule has 1 rings (SSSR count). The summed E-state index contributed by atoms with van der Waals surface area (Å²) in [4.78, 5) is 22.0. The van der Waals surface area contributed by atoms with Crippen LogP contribution in [0.2, 0.25) is 0 Å². The maximum absolute atomic E-state index is 11.5. The quantitative estimate of drug-likeness (QED) is 0.736. The van der Waals surface area contributed by atoms with Crippen molar-refractivity contribution in [3.05, 3.63) is 18.0 Å². The number of carbonyl (C=O) groups excluding carboxylic acids is 1. The highest BCUT2D eigenvalue weighted by Gasteiger charge is 2.12. The number of aliphatic carboxylic acids is 1. The number of nitrogens with one attached hydrogen (secondary N) is 1. The Bertz CT molecular complexity index is 375. The molecule has 1 aromatic rings. The molecule has 0 aliphatic rings. The smallest absolute Gasteiger partial charge is 0.303 e. The summed E-state index contributed by atoms with van der Waals surface area (Å²) in [6.45, 7) is 2.53. The second-order valence-corrected chi connectivity index (χ2v) is 4.13. The van der Waals surface area contributed by atoms with Crippen LogP contribution in [0.4, 0.5) is 0 Å². The Hall–Kier alpha value is -1.85. The minimum Gasteiger partial charge on any atom is -0.481 e. The van der Waals surface area contributed by atoms with E-state index in [0.29, 0.717) is 18.9 Å². The third kappa shape index (κ3) is 4.99. The van der Waals surface area contributed by atoms with Crippen molar-refractivity contribution < 1.29 is 19.2 Å². The van der Waals surface area contributed by atoms with Crippen molar-refractivity contribution in [2.75, 3.05) is 6.54 Å². The topological polar surface area (TPSA) is 92.4 Å². The molecule has 6 heteroatoms. The first kappa shape index (κ1) is 14.2. The fraction of sp³-hybridized carbons (Fsp3) is 0.583. The van der Waals surface area contributed by atoms with Gasteiger partial charge in [0.1, 0.15) is 0 Å². The van der Waals surface area contributed by atoms with E-state index in [-0.39, 0.29) is 18.1 Å². The summed E-state index contributed by atoms with van der Waals surface area (Å²) in [7, 11) is 0. The highest BCUT2D eigenvalue weighted by atomic mass is 16.5. The van der Waals surface area contributed by atoms with Crippen LogP contribution in [0.5, 0.6) is 0 Å². The molecule has 0 bridgehead atoms. The van der Waals surface area contributed by atoms with E-state index in [0.717, 1.165) is 12.8 Å². The first-order valence-electron chi connectivity index (χ1n) is 6.04. The van der Waals surface area contributed by atoms with Gasteiger partial charge in [-0.15, -0.1) is 0 Å². The largest absolute Gasteiger partial charge is 0.481 e. The van der Waals surface area contributed by atoms with Crippen LogP contribution in [0.25, 0.3) is 0 Å². The van der Waals surface area contributed by atoms with E-state index in [1.165, 1.54) is 12.3 Å². The molecule has 1 unspecified atom stereocenters. The van der Waals surface area contributed by atoms with E-state index >= 15 is 0 Å². The lowest BCUT2D eigenvalue weighted by Gasteiger charge is -2.13. The number of hydrogen-bond donors (Lipinski definition) is 2. The minimum absolute atomic E-state index is 0.175. The van der Waals surface area contributed by atoms with E-state index in [2.05, 4.69) is 10.5 Å². The number of rotatable bonds is 8. The van der Waals surface area contributed by atoms with Crippen molar-refractivity contribution in [2.45, 2.75) is 32.6 Å². The molecule has 2 N–H and O–H groups in total. The van der Waals surface area contributed by atoms with Crippen molar-refractivity contribution in [3.63, 3.8) is 0 Å². The van der Waals surface area contributed by atoms with Gasteiger partial charge in [-0.3, -0.25) is 9.59 Å². The number of hydrogen-bond acceptors (Lipinski definition) is 4. The molecular formula is C12H18N2O4. The van der Waals surface area contributed by atoms with Gasteiger partial charge >= 0.3 is 5.97 Å². The highest BCUT2D eigenvalue weighted by Crippen LogP contribution is 2.14. The number of carbonyl (C=O) groups is 2. The van der Waals surface area contributed by atoms with Gasteiger partial charge in [0.2, 0.25) is 5.76 Å². The Morgan fingerprint density at radius 2 is 2.28 bits per heavy atom. The van der Waals surface area contributed by atoms with Crippen molar-refractivity contribution in [1.29, 1.82) is 0 Å². The van der Waals surface area contributed by atoms with Crippen LogP contribution < -0.4 is 5.32 Å². The Morgan fingerprint density at radius 3 is 2.83 bits per heavy atom. The Balaban J connectivity index is 2.22. The van der Waals surface area contributed by atoms with Crippen LogP contribution in [-0.2, 0) is 4.79 Å². The third-order valence-electron chi connectivity index (χ3n) is 2.84. The summed E-state index contributed by atoms with van der Waals surface area (Å²) in [5.41, 5.74) is 0. The molecule has 0 saturated carbocycles. The predicted octanol–water partition coefficient (Wildman–Crippen LogP) is 1.69. The average molecular weight is 254 g/mol. The lowest BCUT2D eigenvalue weighted by Crippen LogP contribution is -2.25. The van der Waals surface area contributed by atoms with E-state index < -0.39 is 5.97 Å². The van der Waals surface area contributed by atoms with Crippen molar-refractivity contribution in [3.8, 4) is 0 Å². The van der Waals surface area contributed by atoms with Crippen molar-refractivity contribution >= 4 is 11.9 Å². The molecule has 1 heterocycles. The Labute approximate surface area is 105 Å². The summed E-state index contributed by atoms with van der Waals surface area (Å²) < 4.78 is 4.72. The van der Waals surface area contributed by atoms with Crippen LogP contribution >= 0.6 is 0 Å². The zero-order valence-electron chi connectivity index (χ0n) is 10.4. The summed E-state index contributed by atoms with van der Waals surface area (Å²) in [6.07, 6.45) is 3.91. The first-order chi connectivity index (χ1) is 8.63. The average Bonchev–Trinajstić information content (AvgIpc) is 2.86. The molecule has 0 aliphatic carbocycles. The third-order valence-corrected chi connectivity index (χ3v) is 2.84. The Morgan fingerprint density at radius 1 is 1.50 bits per heavy atom. The minimum atomic E-state index is -0.779. The van der Waals surface area contributed by atoms with Crippen LogP contribution in [0, 0.1) is 5.92 Å². The van der Waals surface area contributed by atoms with E-state index in [1.807, 2.05) is 6.92 Å². The van der Waals surface area contributed by atoms with Gasteiger partial charge in [0, 0.05) is 19.0 Å². The monoisotopic (exact) mass is 254 g/mol. The maximum atomic E-state index is 11.5. The van der Waals surface area contributed by atoms with Gasteiger partial charge in [-0.2, -0.15) is 0 Å². The Kier molecular flexibility index (Phi) is 5.90. The predicted molar refractivity (Wildman–Crippen MR) is 64.1 cm³/mol. The van der Waals surface area contributed by atoms with Crippen molar-refractivity contribution in [1.82, 2.24) is 10.5 Å². The van der Waals surface area contributed by atoms with Crippen LogP contribution in [0.1, 0.15) is 43.2 Å². The van der Waals surface area contributed by atoms with Gasteiger partial charge in [0.15, 0.2) is 0 Å². The molecule has 0 aliphatic heterocycles. The number of carboxylic acids is 1. The summed E-state index contributed by atoms with van der Waals surface area (Å²) in [6, 6.07) is 1.50.